The van der Waals surface area contributed by atoms with Crippen molar-refractivity contribution in [2.24, 2.45) is 5.41 Å². The zero-order valence-corrected chi connectivity index (χ0v) is 12.7. The number of benzene rings is 2. The number of carbonyl (C=O) groups excluding carboxylic acids is 1. The molecular weight excluding hydrogens is 262 g/mol. The number of carbonyl (C=O) groups is 1. The molecule has 0 atom stereocenters. The molecule has 0 heterocycles. The van der Waals surface area contributed by atoms with E-state index in [1.54, 1.807) is 0 Å². The molecule has 3 heteroatoms. The summed E-state index contributed by atoms with van der Waals surface area (Å²) < 4.78 is 4.84. The number of rotatable bonds is 5. The Morgan fingerprint density at radius 2 is 1.67 bits per heavy atom. The Morgan fingerprint density at radius 1 is 1.05 bits per heavy atom. The van der Waals surface area contributed by atoms with Gasteiger partial charge in [0, 0.05) is 17.8 Å². The minimum absolute atomic E-state index is 0.216. The van der Waals surface area contributed by atoms with Gasteiger partial charge < -0.3 is 10.1 Å². The van der Waals surface area contributed by atoms with Gasteiger partial charge in [0.25, 0.3) is 0 Å². The zero-order chi connectivity index (χ0) is 15.3. The zero-order valence-electron chi connectivity index (χ0n) is 12.7. The molecule has 0 spiro atoms. The Kier molecular flexibility index (Phi) is 4.63. The molecule has 2 aromatic rings. The summed E-state index contributed by atoms with van der Waals surface area (Å²) >= 11 is 0. The van der Waals surface area contributed by atoms with E-state index in [4.69, 9.17) is 4.74 Å². The van der Waals surface area contributed by atoms with E-state index in [2.05, 4.69) is 23.5 Å². The van der Waals surface area contributed by atoms with Crippen LogP contribution in [0.4, 0.5) is 5.69 Å². The second-order valence-electron chi connectivity index (χ2n) is 5.64. The van der Waals surface area contributed by atoms with E-state index >= 15 is 0 Å². The number of hydrogen-bond acceptors (Lipinski definition) is 3. The van der Waals surface area contributed by atoms with Crippen LogP contribution in [0, 0.1) is 5.41 Å². The minimum Gasteiger partial charge on any atom is -0.469 e. The second kappa shape index (κ2) is 6.44. The van der Waals surface area contributed by atoms with E-state index in [0.717, 1.165) is 16.8 Å². The van der Waals surface area contributed by atoms with Gasteiger partial charge in [-0.3, -0.25) is 4.79 Å². The maximum absolute atomic E-state index is 11.7. The maximum Gasteiger partial charge on any atom is 0.313 e. The van der Waals surface area contributed by atoms with Gasteiger partial charge in [-0.2, -0.15) is 0 Å². The first kappa shape index (κ1) is 15.1. The highest BCUT2D eigenvalue weighted by atomic mass is 16.5. The largest absolute Gasteiger partial charge is 0.469 e. The van der Waals surface area contributed by atoms with Crippen LogP contribution in [0.2, 0.25) is 0 Å². The highest BCUT2D eigenvalue weighted by Gasteiger charge is 2.28. The molecule has 0 saturated carbocycles. The van der Waals surface area contributed by atoms with Gasteiger partial charge in [0.05, 0.1) is 12.5 Å². The Morgan fingerprint density at radius 3 is 2.33 bits per heavy atom. The van der Waals surface area contributed by atoms with Gasteiger partial charge in [-0.05, 0) is 25.5 Å². The van der Waals surface area contributed by atoms with Crippen LogP contribution < -0.4 is 5.32 Å². The van der Waals surface area contributed by atoms with Gasteiger partial charge in [0.1, 0.15) is 0 Å². The molecule has 0 aromatic heterocycles. The van der Waals surface area contributed by atoms with Crippen molar-refractivity contribution in [2.45, 2.75) is 13.8 Å². The minimum atomic E-state index is -0.571. The molecule has 0 aliphatic rings. The summed E-state index contributed by atoms with van der Waals surface area (Å²) in [5, 5.41) is 3.37. The number of nitrogens with one attached hydrogen (secondary N) is 1. The molecule has 0 unspecified atom stereocenters. The van der Waals surface area contributed by atoms with E-state index in [9.17, 15) is 4.79 Å². The molecule has 110 valence electrons. The number of esters is 1. The lowest BCUT2D eigenvalue weighted by Gasteiger charge is -2.23. The van der Waals surface area contributed by atoms with Crippen LogP contribution in [-0.2, 0) is 9.53 Å². The fraction of sp³-hybridized carbons (Fsp3) is 0.278. The van der Waals surface area contributed by atoms with E-state index in [0.29, 0.717) is 6.54 Å². The van der Waals surface area contributed by atoms with Crippen molar-refractivity contribution in [3.63, 3.8) is 0 Å². The molecule has 2 rings (SSSR count). The molecule has 21 heavy (non-hydrogen) atoms. The van der Waals surface area contributed by atoms with Gasteiger partial charge >= 0.3 is 5.97 Å². The fourth-order valence-electron chi connectivity index (χ4n) is 2.17. The van der Waals surface area contributed by atoms with Gasteiger partial charge in [-0.15, -0.1) is 0 Å². The topological polar surface area (TPSA) is 38.3 Å². The lowest BCUT2D eigenvalue weighted by atomic mass is 9.93. The van der Waals surface area contributed by atoms with Crippen LogP contribution in [0.1, 0.15) is 13.8 Å². The molecule has 3 nitrogen and oxygen atoms in total. The Labute approximate surface area is 126 Å². The first-order valence-electron chi connectivity index (χ1n) is 7.01. The SMILES string of the molecule is COC(=O)C(C)(C)CNc1ccccc1-c1ccccc1. The van der Waals surface area contributed by atoms with Crippen molar-refractivity contribution < 1.29 is 9.53 Å². The molecule has 0 aliphatic heterocycles. The summed E-state index contributed by atoms with van der Waals surface area (Å²) in [5.41, 5.74) is 2.72. The van der Waals surface area contributed by atoms with Crippen LogP contribution in [0.25, 0.3) is 11.1 Å². The Bertz CT molecular complexity index is 606. The Balaban J connectivity index is 2.20. The fourth-order valence-corrected chi connectivity index (χ4v) is 2.17. The van der Waals surface area contributed by atoms with E-state index in [1.165, 1.54) is 7.11 Å². The van der Waals surface area contributed by atoms with Crippen LogP contribution in [0.5, 0.6) is 0 Å². The highest BCUT2D eigenvalue weighted by molar-refractivity contribution is 5.79. The van der Waals surface area contributed by atoms with Crippen molar-refractivity contribution >= 4 is 11.7 Å². The van der Waals surface area contributed by atoms with Crippen molar-refractivity contribution in [1.29, 1.82) is 0 Å². The quantitative estimate of drug-likeness (QED) is 0.844. The van der Waals surface area contributed by atoms with Gasteiger partial charge in [-0.25, -0.2) is 0 Å². The molecular formula is C18H21NO2. The number of methoxy groups -OCH3 is 1. The highest BCUT2D eigenvalue weighted by Crippen LogP contribution is 2.28. The third kappa shape index (κ3) is 3.63. The predicted octanol–water partition coefficient (Wildman–Crippen LogP) is 3.96. The second-order valence-corrected chi connectivity index (χ2v) is 5.64. The van der Waals surface area contributed by atoms with Crippen molar-refractivity contribution in [2.75, 3.05) is 19.0 Å². The van der Waals surface area contributed by atoms with Crippen LogP contribution in [0.15, 0.2) is 54.6 Å². The van der Waals surface area contributed by atoms with Crippen molar-refractivity contribution in [3.8, 4) is 11.1 Å². The van der Waals surface area contributed by atoms with Crippen LogP contribution in [-0.4, -0.2) is 19.6 Å². The molecule has 0 aliphatic carbocycles. The third-order valence-corrected chi connectivity index (χ3v) is 3.47. The average molecular weight is 283 g/mol. The summed E-state index contributed by atoms with van der Waals surface area (Å²) in [6.07, 6.45) is 0. The van der Waals surface area contributed by atoms with Crippen LogP contribution >= 0.6 is 0 Å². The summed E-state index contributed by atoms with van der Waals surface area (Å²) in [5.74, 6) is -0.216. The lowest BCUT2D eigenvalue weighted by molar-refractivity contribution is -0.149. The molecule has 0 saturated heterocycles. The van der Waals surface area contributed by atoms with Gasteiger partial charge in [0.15, 0.2) is 0 Å². The van der Waals surface area contributed by atoms with Crippen LogP contribution in [0.3, 0.4) is 0 Å². The monoisotopic (exact) mass is 283 g/mol. The van der Waals surface area contributed by atoms with E-state index in [1.807, 2.05) is 50.2 Å². The van der Waals surface area contributed by atoms with Gasteiger partial charge in [-0.1, -0.05) is 48.5 Å². The predicted molar refractivity (Wildman–Crippen MR) is 86.2 cm³/mol. The first-order chi connectivity index (χ1) is 10.0. The summed E-state index contributed by atoms with van der Waals surface area (Å²) in [6.45, 7) is 4.26. The maximum atomic E-state index is 11.7. The number of hydrogen-bond donors (Lipinski definition) is 1. The van der Waals surface area contributed by atoms with Crippen molar-refractivity contribution in [1.82, 2.24) is 0 Å². The average Bonchev–Trinajstić information content (AvgIpc) is 2.53. The molecule has 0 bridgehead atoms. The van der Waals surface area contributed by atoms with Crippen molar-refractivity contribution in [3.05, 3.63) is 54.6 Å². The van der Waals surface area contributed by atoms with Gasteiger partial charge in [0.2, 0.25) is 0 Å². The standard InChI is InChI=1S/C18H21NO2/c1-18(2,17(20)21-3)13-19-16-12-8-7-11-15(16)14-9-5-4-6-10-14/h4-12,19H,13H2,1-3H3. The number of para-hydroxylation sites is 1. The lowest BCUT2D eigenvalue weighted by Crippen LogP contribution is -2.33. The smallest absolute Gasteiger partial charge is 0.313 e. The Hall–Kier alpha value is -2.29. The first-order valence-corrected chi connectivity index (χ1v) is 7.01. The molecule has 0 amide bonds. The van der Waals surface area contributed by atoms with E-state index in [-0.39, 0.29) is 5.97 Å². The molecule has 0 radical (unpaired) electrons. The summed E-state index contributed by atoms with van der Waals surface area (Å²) in [7, 11) is 1.42. The summed E-state index contributed by atoms with van der Waals surface area (Å²) in [6, 6.07) is 18.3. The number of ether oxygens (including phenoxy) is 1. The third-order valence-electron chi connectivity index (χ3n) is 3.47. The molecule has 2 aromatic carbocycles. The van der Waals surface area contributed by atoms with E-state index < -0.39 is 5.41 Å². The normalized spacial score (nSPS) is 11.0. The molecule has 0 fully saturated rings. The summed E-state index contributed by atoms with van der Waals surface area (Å²) in [4.78, 5) is 11.7. The molecule has 1 N–H and O–H groups in total. The number of anilines is 1.